The number of amides is 2. The number of carbonyl (C=O) groups is 1. The second-order valence-electron chi connectivity index (χ2n) is 9.26. The number of pyridine rings is 1. The summed E-state index contributed by atoms with van der Waals surface area (Å²) in [6.45, 7) is 3.62. The molecule has 2 amide bonds. The van der Waals surface area contributed by atoms with Crippen LogP contribution in [-0.2, 0) is 21.1 Å². The molecule has 1 atom stereocenters. The average molecular weight is 595 g/mol. The van der Waals surface area contributed by atoms with E-state index in [1.54, 1.807) is 76.0 Å². The number of carbonyl (C=O) groups excluding carboxylic acids is 1. The van der Waals surface area contributed by atoms with E-state index in [9.17, 15) is 14.4 Å². The van der Waals surface area contributed by atoms with Crippen LogP contribution in [0.4, 0.5) is 16.3 Å². The first-order chi connectivity index (χ1) is 19.8. The van der Waals surface area contributed by atoms with Gasteiger partial charge in [-0.2, -0.15) is 4.98 Å². The molecule has 1 aliphatic rings. The van der Waals surface area contributed by atoms with Gasteiger partial charge in [-0.25, -0.2) is 29.5 Å². The monoisotopic (exact) mass is 594 g/mol. The first-order valence-corrected chi connectivity index (χ1v) is 12.4. The molecule has 6 rings (SSSR count). The van der Waals surface area contributed by atoms with Crippen molar-refractivity contribution < 1.29 is 4.79 Å². The van der Waals surface area contributed by atoms with Crippen LogP contribution in [0, 0.1) is 6.92 Å². The van der Waals surface area contributed by atoms with Crippen LogP contribution >= 0.6 is 0 Å². The molecule has 5 aromatic heterocycles. The van der Waals surface area contributed by atoms with E-state index >= 15 is 0 Å². The van der Waals surface area contributed by atoms with Crippen molar-refractivity contribution in [2.45, 2.75) is 27.4 Å². The molecule has 0 fully saturated rings. The highest BCUT2D eigenvalue weighted by atomic mass is 16.2. The Morgan fingerprint density at radius 1 is 0.837 bits per heavy atom. The van der Waals surface area contributed by atoms with Crippen LogP contribution in [0.25, 0.3) is 22.3 Å². The maximum atomic E-state index is 11.2. The molecule has 1 aliphatic heterocycles. The largest absolute Gasteiger partial charge is 0.397 e. The number of hydrogen-bond acceptors (Lipinski definition) is 11. The maximum Gasteiger partial charge on any atom is 0.349 e. The molecule has 0 aromatic carbocycles. The molecule has 0 bridgehead atoms. The Kier molecular flexibility index (Phi) is 11.2. The number of rotatable bonds is 0. The number of aryl methyl sites for hydroxylation is 4. The average Bonchev–Trinajstić information content (AvgIpc) is 3.50. The minimum Gasteiger partial charge on any atom is -0.397 e. The molecule has 17 heteroatoms. The Bertz CT molecular complexity index is 1850. The second-order valence-corrected chi connectivity index (χ2v) is 9.26. The number of H-pyrrole nitrogens is 1. The zero-order chi connectivity index (χ0) is 31.1. The van der Waals surface area contributed by atoms with Crippen LogP contribution in [0.3, 0.4) is 0 Å². The van der Waals surface area contributed by atoms with Gasteiger partial charge in [0.15, 0.2) is 16.8 Å². The van der Waals surface area contributed by atoms with Gasteiger partial charge in [0, 0.05) is 46.8 Å². The van der Waals surface area contributed by atoms with Crippen LogP contribution in [0.1, 0.15) is 20.2 Å². The summed E-state index contributed by atoms with van der Waals surface area (Å²) in [4.78, 5) is 56.5. The smallest absolute Gasteiger partial charge is 0.349 e. The predicted molar refractivity (Wildman–Crippen MR) is 165 cm³/mol. The molecule has 0 aliphatic carbocycles. The summed E-state index contributed by atoms with van der Waals surface area (Å²) in [5.41, 5.74) is 20.1. The van der Waals surface area contributed by atoms with Gasteiger partial charge in [-0.1, -0.05) is 7.43 Å². The topological polar surface area (TPSA) is 240 Å². The van der Waals surface area contributed by atoms with E-state index < -0.39 is 0 Å². The van der Waals surface area contributed by atoms with Crippen molar-refractivity contribution in [2.24, 2.45) is 26.9 Å². The summed E-state index contributed by atoms with van der Waals surface area (Å²) in [5, 5.41) is 2.58. The molecule has 8 N–H and O–H groups in total. The zero-order valence-corrected chi connectivity index (χ0v) is 24.1. The number of imidazole rings is 2. The summed E-state index contributed by atoms with van der Waals surface area (Å²) in [6, 6.07) is 3.16. The van der Waals surface area contributed by atoms with Gasteiger partial charge in [-0.3, -0.25) is 4.79 Å². The van der Waals surface area contributed by atoms with Crippen molar-refractivity contribution in [3.05, 3.63) is 75.6 Å². The molecular weight excluding hydrogens is 556 g/mol. The van der Waals surface area contributed by atoms with Crippen molar-refractivity contribution in [3.63, 3.8) is 0 Å². The molecule has 0 saturated heterocycles. The number of nitrogens with one attached hydrogen (secondary N) is 2. The van der Waals surface area contributed by atoms with Gasteiger partial charge >= 0.3 is 11.7 Å². The lowest BCUT2D eigenvalue weighted by Gasteiger charge is -2.25. The van der Waals surface area contributed by atoms with E-state index in [0.29, 0.717) is 22.7 Å². The minimum absolute atomic E-state index is 0. The molecule has 0 radical (unpaired) electrons. The third-order valence-corrected chi connectivity index (χ3v) is 5.80. The minimum atomic E-state index is -0.324. The molecule has 0 saturated carbocycles. The van der Waals surface area contributed by atoms with E-state index in [-0.39, 0.29) is 36.7 Å². The van der Waals surface area contributed by atoms with Gasteiger partial charge in [0.25, 0.3) is 5.56 Å². The molecule has 5 aromatic rings. The number of fused-ring (bicyclic) bond motifs is 2. The lowest BCUT2D eigenvalue weighted by atomic mass is 10.2. The van der Waals surface area contributed by atoms with Crippen LogP contribution in [-0.4, -0.2) is 67.7 Å². The predicted octanol–water partition coefficient (Wildman–Crippen LogP) is 0.344. The third-order valence-electron chi connectivity index (χ3n) is 5.80. The number of nitrogen functional groups attached to an aromatic ring is 2. The van der Waals surface area contributed by atoms with Crippen LogP contribution in [0.5, 0.6) is 0 Å². The second kappa shape index (κ2) is 14.4. The SMILES string of the molecule is C.CC1=CN(C)C(=O)NC1N.Cc1nc2c(ncn2C)c(=O)[nH]1.Cn1ccc(N)nc1=O.Cn1cnc2c(N)ccnc21. The number of nitrogens with two attached hydrogens (primary N) is 3. The van der Waals surface area contributed by atoms with Gasteiger partial charge in [-0.05, 0) is 31.6 Å². The van der Waals surface area contributed by atoms with Gasteiger partial charge < -0.3 is 46.1 Å². The summed E-state index contributed by atoms with van der Waals surface area (Å²) in [7, 11) is 7.00. The van der Waals surface area contributed by atoms with Crippen LogP contribution in [0.2, 0.25) is 0 Å². The standard InChI is InChI=1S/C7H8N4O.C7H8N4.C6H11N3O.C5H7N3O.CH4/c1-4-9-6-5(7(12)10-4)8-3-11(6)2;1-11-4-10-6-5(8)2-3-9-7(6)11;1-4-3-9(2)6(10)8-5(4)7;1-8-3-2-4(6)7-5(8)9;/h3H,1-2H3,(H,9,10,12);2-4H,1H3,(H2,8,9);3,5H,7H2,1-2H3,(H,8,10);2-3H,1H3,(H2,6,7,9);1H4. The fourth-order valence-electron chi connectivity index (χ4n) is 3.44. The molecule has 0 spiro atoms. The number of nitrogens with zero attached hydrogens (tertiary/aromatic N) is 9. The van der Waals surface area contributed by atoms with Crippen molar-refractivity contribution >= 4 is 39.9 Å². The normalized spacial score (nSPS) is 13.7. The summed E-state index contributed by atoms with van der Waals surface area (Å²) >= 11 is 0. The molecule has 6 heterocycles. The van der Waals surface area contributed by atoms with Gasteiger partial charge in [0.05, 0.1) is 18.3 Å². The Morgan fingerprint density at radius 3 is 2.05 bits per heavy atom. The van der Waals surface area contributed by atoms with Crippen molar-refractivity contribution in [3.8, 4) is 0 Å². The highest BCUT2D eigenvalue weighted by Crippen LogP contribution is 2.14. The maximum absolute atomic E-state index is 11.2. The van der Waals surface area contributed by atoms with Gasteiger partial charge in [0.1, 0.15) is 23.3 Å². The molecule has 230 valence electrons. The van der Waals surface area contributed by atoms with E-state index in [1.165, 1.54) is 9.47 Å². The first-order valence-electron chi connectivity index (χ1n) is 12.4. The summed E-state index contributed by atoms with van der Waals surface area (Å²) in [6.07, 6.45) is 7.94. The Labute approximate surface area is 247 Å². The lowest BCUT2D eigenvalue weighted by Crippen LogP contribution is -2.50. The Balaban J connectivity index is 0.000000200. The van der Waals surface area contributed by atoms with E-state index in [0.717, 1.165) is 16.7 Å². The highest BCUT2D eigenvalue weighted by molar-refractivity contribution is 5.83. The van der Waals surface area contributed by atoms with Gasteiger partial charge in [-0.15, -0.1) is 0 Å². The fraction of sp³-hybridized carbons (Fsp3) is 0.308. The molecule has 1 unspecified atom stereocenters. The molecule has 17 nitrogen and oxygen atoms in total. The van der Waals surface area contributed by atoms with Crippen molar-refractivity contribution in [1.29, 1.82) is 0 Å². The fourth-order valence-corrected chi connectivity index (χ4v) is 3.44. The number of aromatic nitrogens is 9. The number of anilines is 2. The summed E-state index contributed by atoms with van der Waals surface area (Å²) in [5.74, 6) is 0.870. The summed E-state index contributed by atoms with van der Waals surface area (Å²) < 4.78 is 4.92. The Hall–Kier alpha value is -5.58. The lowest BCUT2D eigenvalue weighted by molar-refractivity contribution is 0.215. The molecule has 43 heavy (non-hydrogen) atoms. The van der Waals surface area contributed by atoms with Crippen LogP contribution < -0.4 is 33.8 Å². The van der Waals surface area contributed by atoms with Crippen molar-refractivity contribution in [1.82, 2.24) is 53.8 Å². The first kappa shape index (κ1) is 33.6. The number of urea groups is 1. The quantitative estimate of drug-likeness (QED) is 0.164. The van der Waals surface area contributed by atoms with E-state index in [1.807, 2.05) is 18.5 Å². The van der Waals surface area contributed by atoms with Crippen LogP contribution in [0.15, 0.2) is 58.5 Å². The van der Waals surface area contributed by atoms with E-state index in [4.69, 9.17) is 17.2 Å². The number of aromatic amines is 1. The molecular formula is C26H38N14O3. The number of hydrogen-bond donors (Lipinski definition) is 5. The Morgan fingerprint density at radius 2 is 1.47 bits per heavy atom. The van der Waals surface area contributed by atoms with E-state index in [2.05, 4.69) is 35.2 Å². The van der Waals surface area contributed by atoms with Gasteiger partial charge in [0.2, 0.25) is 0 Å². The highest BCUT2D eigenvalue weighted by Gasteiger charge is 2.17. The third kappa shape index (κ3) is 8.46. The zero-order valence-electron chi connectivity index (χ0n) is 24.1. The van der Waals surface area contributed by atoms with Crippen molar-refractivity contribution in [2.75, 3.05) is 18.5 Å².